The van der Waals surface area contributed by atoms with Crippen LogP contribution in [0.15, 0.2) is 11.4 Å². The molecule has 6 nitrogen and oxygen atoms in total. The second-order valence-electron chi connectivity index (χ2n) is 4.64. The summed E-state index contributed by atoms with van der Waals surface area (Å²) >= 11 is 1.69. The SMILES string of the molecule is O=C(O)CCCC(=O)NC(=O)N1CCc2sccc2C1. The molecule has 1 aromatic rings. The fourth-order valence-corrected chi connectivity index (χ4v) is 2.97. The Labute approximate surface area is 120 Å². The number of hydrogen-bond donors (Lipinski definition) is 2. The van der Waals surface area contributed by atoms with Crippen molar-refractivity contribution in [2.24, 2.45) is 0 Å². The highest BCUT2D eigenvalue weighted by Crippen LogP contribution is 2.23. The lowest BCUT2D eigenvalue weighted by Crippen LogP contribution is -2.44. The van der Waals surface area contributed by atoms with Crippen LogP contribution in [0.1, 0.15) is 29.7 Å². The van der Waals surface area contributed by atoms with Gasteiger partial charge in [0.25, 0.3) is 0 Å². The number of hydrogen-bond acceptors (Lipinski definition) is 4. The summed E-state index contributed by atoms with van der Waals surface area (Å²) in [5.41, 5.74) is 1.13. The zero-order valence-corrected chi connectivity index (χ0v) is 11.7. The molecule has 0 radical (unpaired) electrons. The minimum absolute atomic E-state index is 0.0512. The molecule has 0 saturated heterocycles. The van der Waals surface area contributed by atoms with Gasteiger partial charge in [-0.3, -0.25) is 14.9 Å². The number of carboxylic acid groups (broad SMARTS) is 1. The third-order valence-electron chi connectivity index (χ3n) is 3.14. The van der Waals surface area contributed by atoms with Gasteiger partial charge in [-0.15, -0.1) is 11.3 Å². The second-order valence-corrected chi connectivity index (χ2v) is 5.64. The van der Waals surface area contributed by atoms with Gasteiger partial charge in [0.2, 0.25) is 5.91 Å². The molecule has 7 heteroatoms. The van der Waals surface area contributed by atoms with Crippen molar-refractivity contribution in [2.45, 2.75) is 32.2 Å². The fourth-order valence-electron chi connectivity index (χ4n) is 2.08. The first kappa shape index (κ1) is 14.5. The Balaban J connectivity index is 1.78. The van der Waals surface area contributed by atoms with Crippen molar-refractivity contribution in [3.63, 3.8) is 0 Å². The number of thiophene rings is 1. The molecule has 20 heavy (non-hydrogen) atoms. The van der Waals surface area contributed by atoms with Gasteiger partial charge in [0.15, 0.2) is 0 Å². The highest BCUT2D eigenvalue weighted by molar-refractivity contribution is 7.10. The molecular formula is C13H16N2O4S. The number of carboxylic acids is 1. The predicted molar refractivity (Wildman–Crippen MR) is 73.5 cm³/mol. The molecule has 2 heterocycles. The van der Waals surface area contributed by atoms with Crippen molar-refractivity contribution >= 4 is 29.2 Å². The lowest BCUT2D eigenvalue weighted by molar-refractivity contribution is -0.137. The molecule has 0 unspecified atom stereocenters. The first-order chi connectivity index (χ1) is 9.56. The summed E-state index contributed by atoms with van der Waals surface area (Å²) in [4.78, 5) is 36.7. The van der Waals surface area contributed by atoms with Crippen LogP contribution in [0.2, 0.25) is 0 Å². The van der Waals surface area contributed by atoms with E-state index in [2.05, 4.69) is 5.32 Å². The van der Waals surface area contributed by atoms with Gasteiger partial charge in [0.05, 0.1) is 0 Å². The lowest BCUT2D eigenvalue weighted by Gasteiger charge is -2.26. The van der Waals surface area contributed by atoms with Crippen molar-refractivity contribution in [2.75, 3.05) is 6.54 Å². The number of amides is 3. The van der Waals surface area contributed by atoms with Crippen LogP contribution < -0.4 is 5.32 Å². The molecule has 0 fully saturated rings. The van der Waals surface area contributed by atoms with Crippen molar-refractivity contribution in [3.8, 4) is 0 Å². The van der Waals surface area contributed by atoms with E-state index >= 15 is 0 Å². The molecular weight excluding hydrogens is 280 g/mol. The van der Waals surface area contributed by atoms with Gasteiger partial charge in [0, 0.05) is 30.8 Å². The Morgan fingerprint density at radius 2 is 2.15 bits per heavy atom. The molecule has 0 bridgehead atoms. The first-order valence-corrected chi connectivity index (χ1v) is 7.30. The van der Waals surface area contributed by atoms with Gasteiger partial charge >= 0.3 is 12.0 Å². The van der Waals surface area contributed by atoms with Gasteiger partial charge in [-0.1, -0.05) is 0 Å². The van der Waals surface area contributed by atoms with Crippen LogP contribution in [-0.4, -0.2) is 34.5 Å². The fraction of sp³-hybridized carbons (Fsp3) is 0.462. The topological polar surface area (TPSA) is 86.7 Å². The van der Waals surface area contributed by atoms with Crippen LogP contribution in [0.5, 0.6) is 0 Å². The molecule has 1 aromatic heterocycles. The largest absolute Gasteiger partial charge is 0.481 e. The van der Waals surface area contributed by atoms with Gasteiger partial charge in [-0.05, 0) is 29.9 Å². The summed E-state index contributed by atoms with van der Waals surface area (Å²) in [7, 11) is 0. The van der Waals surface area contributed by atoms with Crippen LogP contribution in [0, 0.1) is 0 Å². The molecule has 2 rings (SSSR count). The highest BCUT2D eigenvalue weighted by Gasteiger charge is 2.22. The molecule has 0 atom stereocenters. The van der Waals surface area contributed by atoms with Crippen LogP contribution >= 0.6 is 11.3 Å². The van der Waals surface area contributed by atoms with E-state index in [9.17, 15) is 14.4 Å². The van der Waals surface area contributed by atoms with E-state index in [1.165, 1.54) is 4.88 Å². The molecule has 0 aromatic carbocycles. The average Bonchev–Trinajstić information content (AvgIpc) is 2.85. The number of nitrogens with one attached hydrogen (secondary N) is 1. The van der Waals surface area contributed by atoms with E-state index in [1.807, 2.05) is 11.4 Å². The van der Waals surface area contributed by atoms with E-state index in [4.69, 9.17) is 5.11 Å². The molecule has 0 aliphatic carbocycles. The molecule has 3 amide bonds. The number of carbonyl (C=O) groups excluding carboxylic acids is 2. The molecule has 0 spiro atoms. The van der Waals surface area contributed by atoms with E-state index in [0.717, 1.165) is 12.0 Å². The van der Waals surface area contributed by atoms with E-state index in [-0.39, 0.29) is 19.3 Å². The van der Waals surface area contributed by atoms with Crippen molar-refractivity contribution in [1.29, 1.82) is 0 Å². The van der Waals surface area contributed by atoms with E-state index in [0.29, 0.717) is 13.1 Å². The van der Waals surface area contributed by atoms with E-state index in [1.54, 1.807) is 16.2 Å². The van der Waals surface area contributed by atoms with Crippen molar-refractivity contribution in [1.82, 2.24) is 10.2 Å². The predicted octanol–water partition coefficient (Wildman–Crippen LogP) is 1.60. The summed E-state index contributed by atoms with van der Waals surface area (Å²) in [6.07, 6.45) is 1.04. The van der Waals surface area contributed by atoms with Crippen LogP contribution in [0.4, 0.5) is 4.79 Å². The number of aliphatic carboxylic acids is 1. The minimum atomic E-state index is -0.940. The smallest absolute Gasteiger partial charge is 0.324 e. The zero-order valence-electron chi connectivity index (χ0n) is 10.9. The van der Waals surface area contributed by atoms with Crippen LogP contribution in [-0.2, 0) is 22.6 Å². The monoisotopic (exact) mass is 296 g/mol. The highest BCUT2D eigenvalue weighted by atomic mass is 32.1. The Hall–Kier alpha value is -1.89. The van der Waals surface area contributed by atoms with Gasteiger partial charge in [0.1, 0.15) is 0 Å². The third-order valence-corrected chi connectivity index (χ3v) is 4.16. The Kier molecular flexibility index (Phi) is 4.73. The standard InChI is InChI=1S/C13H16N2O4S/c16-11(2-1-3-12(17)18)14-13(19)15-6-4-10-9(8-15)5-7-20-10/h5,7H,1-4,6,8H2,(H,17,18)(H,14,16,19). The maximum atomic E-state index is 11.9. The second kappa shape index (κ2) is 6.51. The summed E-state index contributed by atoms with van der Waals surface area (Å²) < 4.78 is 0. The van der Waals surface area contributed by atoms with Crippen LogP contribution in [0.25, 0.3) is 0 Å². The number of imide groups is 1. The summed E-state index contributed by atoms with van der Waals surface area (Å²) in [6.45, 7) is 1.12. The van der Waals surface area contributed by atoms with Gasteiger partial charge in [-0.25, -0.2) is 4.79 Å². The zero-order chi connectivity index (χ0) is 14.5. The number of carbonyl (C=O) groups is 3. The maximum Gasteiger partial charge on any atom is 0.324 e. The van der Waals surface area contributed by atoms with Crippen LogP contribution in [0.3, 0.4) is 0 Å². The number of urea groups is 1. The quantitative estimate of drug-likeness (QED) is 0.883. The first-order valence-electron chi connectivity index (χ1n) is 6.42. The number of fused-ring (bicyclic) bond motifs is 1. The number of nitrogens with zero attached hydrogens (tertiary/aromatic N) is 1. The summed E-state index contributed by atoms with van der Waals surface area (Å²) in [6, 6.07) is 1.59. The molecule has 1 aliphatic rings. The Morgan fingerprint density at radius 1 is 1.35 bits per heavy atom. The maximum absolute atomic E-state index is 11.9. The number of rotatable bonds is 4. The summed E-state index contributed by atoms with van der Waals surface area (Å²) in [5, 5.41) is 12.8. The van der Waals surface area contributed by atoms with Crippen molar-refractivity contribution in [3.05, 3.63) is 21.9 Å². The molecule has 108 valence electrons. The Morgan fingerprint density at radius 3 is 2.90 bits per heavy atom. The minimum Gasteiger partial charge on any atom is -0.481 e. The Bertz CT molecular complexity index is 526. The average molecular weight is 296 g/mol. The summed E-state index contributed by atoms with van der Waals surface area (Å²) in [5.74, 6) is -1.36. The molecule has 0 saturated carbocycles. The van der Waals surface area contributed by atoms with Crippen molar-refractivity contribution < 1.29 is 19.5 Å². The lowest BCUT2D eigenvalue weighted by atomic mass is 10.1. The van der Waals surface area contributed by atoms with Gasteiger partial charge in [-0.2, -0.15) is 0 Å². The normalized spacial score (nSPS) is 13.7. The molecule has 2 N–H and O–H groups in total. The third kappa shape index (κ3) is 3.80. The van der Waals surface area contributed by atoms with Gasteiger partial charge < -0.3 is 10.0 Å². The molecule has 1 aliphatic heterocycles. The van der Waals surface area contributed by atoms with E-state index < -0.39 is 17.9 Å².